The third kappa shape index (κ3) is 5.83. The van der Waals surface area contributed by atoms with Gasteiger partial charge in [0.05, 0.1) is 0 Å². The molecule has 25 heavy (non-hydrogen) atoms. The number of nitrogens with one attached hydrogen (secondary N) is 1. The van der Waals surface area contributed by atoms with Crippen LogP contribution in [0.25, 0.3) is 0 Å². The molecule has 0 radical (unpaired) electrons. The van der Waals surface area contributed by atoms with Crippen molar-refractivity contribution in [3.05, 3.63) is 35.4 Å². The number of hydrogen-bond acceptors (Lipinski definition) is 3. The molecule has 0 fully saturated rings. The molecule has 0 saturated heterocycles. The highest BCUT2D eigenvalue weighted by molar-refractivity contribution is 5.98. The third-order valence-electron chi connectivity index (χ3n) is 3.20. The zero-order valence-electron chi connectivity index (χ0n) is 13.1. The highest BCUT2D eigenvalue weighted by Gasteiger charge is 2.44. The van der Waals surface area contributed by atoms with Crippen molar-refractivity contribution < 1.29 is 36.6 Å². The van der Waals surface area contributed by atoms with E-state index in [2.05, 4.69) is 0 Å². The van der Waals surface area contributed by atoms with Crippen LogP contribution in [0.3, 0.4) is 0 Å². The van der Waals surface area contributed by atoms with Crippen molar-refractivity contribution in [1.29, 1.82) is 0 Å². The molecular weight excluding hydrogens is 349 g/mol. The maximum absolute atomic E-state index is 12.8. The van der Waals surface area contributed by atoms with Gasteiger partial charge in [-0.05, 0) is 38.1 Å². The summed E-state index contributed by atoms with van der Waals surface area (Å²) in [5, 5.41) is 11.7. The standard InChI is InChI=1S/C16H14F5NO3/c1-9(23)12(15(2,25)14(17)18)22-13(24)11-5-3-10(4-6-11)7-8-16(19,20)21/h3-6,12,14,25H,1-2H3,(H,22,24)/t12-,15+/m1/s1. The Kier molecular flexibility index (Phi) is 6.26. The summed E-state index contributed by atoms with van der Waals surface area (Å²) in [6, 6.07) is 2.63. The minimum Gasteiger partial charge on any atom is -0.382 e. The molecule has 0 heterocycles. The lowest BCUT2D eigenvalue weighted by Gasteiger charge is -2.30. The number of aliphatic hydroxyl groups is 1. The molecule has 0 spiro atoms. The number of rotatable bonds is 5. The van der Waals surface area contributed by atoms with Crippen LogP contribution in [0.4, 0.5) is 22.0 Å². The number of hydrogen-bond donors (Lipinski definition) is 2. The van der Waals surface area contributed by atoms with Gasteiger partial charge in [0.2, 0.25) is 0 Å². The van der Waals surface area contributed by atoms with E-state index < -0.39 is 35.9 Å². The Hall–Kier alpha value is -2.47. The maximum Gasteiger partial charge on any atom is 0.458 e. The monoisotopic (exact) mass is 363 g/mol. The molecule has 2 N–H and O–H groups in total. The lowest BCUT2D eigenvalue weighted by Crippen LogP contribution is -2.58. The summed E-state index contributed by atoms with van der Waals surface area (Å²) in [5.41, 5.74) is -2.90. The smallest absolute Gasteiger partial charge is 0.382 e. The van der Waals surface area contributed by atoms with Gasteiger partial charge in [0.25, 0.3) is 12.3 Å². The summed E-state index contributed by atoms with van der Waals surface area (Å²) >= 11 is 0. The number of carbonyl (C=O) groups excluding carboxylic acids is 2. The minimum atomic E-state index is -4.66. The molecule has 0 aliphatic carbocycles. The Bertz CT molecular complexity index is 699. The van der Waals surface area contributed by atoms with E-state index in [0.29, 0.717) is 6.92 Å². The SMILES string of the molecule is CC(=O)[C@@H](NC(=O)c1ccc(C#CC(F)(F)F)cc1)[C@](C)(O)C(F)F. The predicted octanol–water partition coefficient (Wildman–Crippen LogP) is 2.30. The molecule has 0 saturated carbocycles. The van der Waals surface area contributed by atoms with Gasteiger partial charge in [-0.1, -0.05) is 5.92 Å². The van der Waals surface area contributed by atoms with Crippen LogP contribution in [-0.2, 0) is 4.79 Å². The Morgan fingerprint density at radius 1 is 1.16 bits per heavy atom. The van der Waals surface area contributed by atoms with Gasteiger partial charge >= 0.3 is 6.18 Å². The number of benzene rings is 1. The number of carbonyl (C=O) groups is 2. The largest absolute Gasteiger partial charge is 0.458 e. The number of alkyl halides is 5. The van der Waals surface area contributed by atoms with Crippen LogP contribution < -0.4 is 5.32 Å². The van der Waals surface area contributed by atoms with Crippen molar-refractivity contribution in [2.75, 3.05) is 0 Å². The van der Waals surface area contributed by atoms with Gasteiger partial charge in [-0.25, -0.2) is 8.78 Å². The molecule has 0 aliphatic heterocycles. The fourth-order valence-electron chi connectivity index (χ4n) is 1.85. The van der Waals surface area contributed by atoms with Crippen molar-refractivity contribution in [2.24, 2.45) is 0 Å². The second-order valence-electron chi connectivity index (χ2n) is 5.37. The molecule has 0 aliphatic rings. The summed E-state index contributed by atoms with van der Waals surface area (Å²) < 4.78 is 61.7. The van der Waals surface area contributed by atoms with E-state index >= 15 is 0 Å². The molecule has 0 bridgehead atoms. The number of halogens is 5. The van der Waals surface area contributed by atoms with Crippen molar-refractivity contribution in [3.63, 3.8) is 0 Å². The Balaban J connectivity index is 2.96. The normalized spacial score (nSPS) is 14.9. The quantitative estimate of drug-likeness (QED) is 0.623. The summed E-state index contributed by atoms with van der Waals surface area (Å²) in [4.78, 5) is 23.5. The van der Waals surface area contributed by atoms with Gasteiger partial charge in [0, 0.05) is 17.0 Å². The van der Waals surface area contributed by atoms with Gasteiger partial charge in [-0.2, -0.15) is 13.2 Å². The molecule has 1 rings (SSSR count). The first-order valence-electron chi connectivity index (χ1n) is 6.86. The van der Waals surface area contributed by atoms with E-state index in [9.17, 15) is 36.6 Å². The summed E-state index contributed by atoms with van der Waals surface area (Å²) in [7, 11) is 0. The molecule has 1 aromatic carbocycles. The highest BCUT2D eigenvalue weighted by Crippen LogP contribution is 2.21. The molecule has 2 atom stereocenters. The number of Topliss-reactive ketones (excluding diaryl/α,β-unsaturated/α-hetero) is 1. The van der Waals surface area contributed by atoms with E-state index in [1.165, 1.54) is 0 Å². The molecule has 1 aromatic rings. The van der Waals surface area contributed by atoms with Crippen LogP contribution in [0.15, 0.2) is 24.3 Å². The van der Waals surface area contributed by atoms with Crippen molar-refractivity contribution >= 4 is 11.7 Å². The fourth-order valence-corrected chi connectivity index (χ4v) is 1.85. The number of ketones is 1. The lowest BCUT2D eigenvalue weighted by atomic mass is 9.93. The Morgan fingerprint density at radius 3 is 2.08 bits per heavy atom. The van der Waals surface area contributed by atoms with Gasteiger partial charge in [-0.3, -0.25) is 9.59 Å². The van der Waals surface area contributed by atoms with E-state index in [0.717, 1.165) is 37.1 Å². The molecule has 136 valence electrons. The zero-order valence-corrected chi connectivity index (χ0v) is 13.1. The first-order chi connectivity index (χ1) is 11.3. The van der Waals surface area contributed by atoms with E-state index in [-0.39, 0.29) is 11.1 Å². The van der Waals surface area contributed by atoms with Crippen LogP contribution in [0, 0.1) is 11.8 Å². The van der Waals surface area contributed by atoms with E-state index in [4.69, 9.17) is 0 Å². The van der Waals surface area contributed by atoms with E-state index in [1.807, 2.05) is 11.2 Å². The average molecular weight is 363 g/mol. The fraction of sp³-hybridized carbons (Fsp3) is 0.375. The molecular formula is C16H14F5NO3. The lowest BCUT2D eigenvalue weighted by molar-refractivity contribution is -0.138. The molecule has 9 heteroatoms. The zero-order chi connectivity index (χ0) is 19.4. The summed E-state index contributed by atoms with van der Waals surface area (Å²) in [6.45, 7) is 1.64. The van der Waals surface area contributed by atoms with Crippen LogP contribution in [0.2, 0.25) is 0 Å². The van der Waals surface area contributed by atoms with Crippen molar-refractivity contribution in [2.45, 2.75) is 38.1 Å². The second kappa shape index (κ2) is 7.61. The van der Waals surface area contributed by atoms with Gasteiger partial charge < -0.3 is 10.4 Å². The highest BCUT2D eigenvalue weighted by atomic mass is 19.4. The minimum absolute atomic E-state index is 0.0171. The second-order valence-corrected chi connectivity index (χ2v) is 5.37. The van der Waals surface area contributed by atoms with Crippen molar-refractivity contribution in [3.8, 4) is 11.8 Å². The van der Waals surface area contributed by atoms with Gasteiger partial charge in [0.15, 0.2) is 5.78 Å². The molecule has 1 amide bonds. The predicted molar refractivity (Wildman–Crippen MR) is 77.9 cm³/mol. The summed E-state index contributed by atoms with van der Waals surface area (Å²) in [5.74, 6) is 1.07. The third-order valence-corrected chi connectivity index (χ3v) is 3.20. The van der Waals surface area contributed by atoms with Crippen LogP contribution in [-0.4, -0.2) is 41.0 Å². The Morgan fingerprint density at radius 2 is 1.68 bits per heavy atom. The van der Waals surface area contributed by atoms with Crippen LogP contribution in [0.1, 0.15) is 29.8 Å². The average Bonchev–Trinajstić information content (AvgIpc) is 2.49. The van der Waals surface area contributed by atoms with Gasteiger partial charge in [0.1, 0.15) is 11.6 Å². The first-order valence-corrected chi connectivity index (χ1v) is 6.86. The Labute approximate surface area is 140 Å². The number of amides is 1. The molecule has 0 aromatic heterocycles. The molecule has 0 unspecified atom stereocenters. The van der Waals surface area contributed by atoms with E-state index in [1.54, 1.807) is 0 Å². The topological polar surface area (TPSA) is 66.4 Å². The first kappa shape index (κ1) is 20.6. The van der Waals surface area contributed by atoms with Crippen molar-refractivity contribution in [1.82, 2.24) is 5.32 Å². The van der Waals surface area contributed by atoms with Gasteiger partial charge in [-0.15, -0.1) is 0 Å². The molecule has 4 nitrogen and oxygen atoms in total. The summed E-state index contributed by atoms with van der Waals surface area (Å²) in [6.07, 6.45) is -7.95. The van der Waals surface area contributed by atoms with Crippen LogP contribution >= 0.6 is 0 Å². The maximum atomic E-state index is 12.8. The van der Waals surface area contributed by atoms with Crippen LogP contribution in [0.5, 0.6) is 0 Å².